The van der Waals surface area contributed by atoms with Crippen LogP contribution in [0.1, 0.15) is 15.9 Å². The van der Waals surface area contributed by atoms with E-state index in [0.29, 0.717) is 5.69 Å². The van der Waals surface area contributed by atoms with Gasteiger partial charge in [0.15, 0.2) is 0 Å². The van der Waals surface area contributed by atoms with E-state index in [-0.39, 0.29) is 11.3 Å². The predicted octanol–water partition coefficient (Wildman–Crippen LogP) is 0.653. The molecule has 1 aromatic carbocycles. The number of likely N-dealkylation sites (N-methyl/N-ethyl adjacent to an activating group) is 1. The molecule has 0 atom stereocenters. The van der Waals surface area contributed by atoms with E-state index in [2.05, 4.69) is 0 Å². The van der Waals surface area contributed by atoms with Crippen molar-refractivity contribution in [2.45, 2.75) is 6.42 Å². The lowest BCUT2D eigenvalue weighted by Crippen LogP contribution is -2.16. The molecule has 16 heavy (non-hydrogen) atoms. The van der Waals surface area contributed by atoms with E-state index in [1.54, 1.807) is 6.07 Å². The minimum atomic E-state index is -1.05. The van der Waals surface area contributed by atoms with Gasteiger partial charge in [-0.1, -0.05) is 6.07 Å². The number of nitrogens with zero attached hydrogens (tertiary/aromatic N) is 1. The van der Waals surface area contributed by atoms with Crippen LogP contribution in [0.2, 0.25) is 0 Å². The second-order valence-corrected chi connectivity index (χ2v) is 3.96. The second-order valence-electron chi connectivity index (χ2n) is 3.96. The van der Waals surface area contributed by atoms with Gasteiger partial charge in [-0.25, -0.2) is 4.79 Å². The second kappa shape index (κ2) is 4.85. The molecule has 0 aliphatic heterocycles. The van der Waals surface area contributed by atoms with E-state index in [1.807, 2.05) is 19.0 Å². The van der Waals surface area contributed by atoms with E-state index in [1.165, 1.54) is 6.07 Å². The van der Waals surface area contributed by atoms with Gasteiger partial charge in [-0.2, -0.15) is 0 Å². The molecule has 5 N–H and O–H groups in total. The molecular formula is C11H17N3O2. The van der Waals surface area contributed by atoms with Crippen molar-refractivity contribution in [1.82, 2.24) is 4.90 Å². The van der Waals surface area contributed by atoms with Gasteiger partial charge in [0.25, 0.3) is 0 Å². The maximum atomic E-state index is 10.8. The first-order valence-electron chi connectivity index (χ1n) is 4.98. The molecule has 0 radical (unpaired) electrons. The Balaban J connectivity index is 2.98. The van der Waals surface area contributed by atoms with Crippen LogP contribution in [0.15, 0.2) is 12.1 Å². The number of nitrogen functional groups attached to an aromatic ring is 2. The highest BCUT2D eigenvalue weighted by Gasteiger charge is 2.12. The number of carboxylic acids is 1. The Labute approximate surface area is 94.7 Å². The van der Waals surface area contributed by atoms with Crippen molar-refractivity contribution in [2.24, 2.45) is 0 Å². The summed E-state index contributed by atoms with van der Waals surface area (Å²) < 4.78 is 0. The number of aromatic carboxylic acids is 1. The Morgan fingerprint density at radius 2 is 1.94 bits per heavy atom. The maximum Gasteiger partial charge on any atom is 0.337 e. The zero-order chi connectivity index (χ0) is 12.3. The largest absolute Gasteiger partial charge is 0.478 e. The van der Waals surface area contributed by atoms with Gasteiger partial charge < -0.3 is 21.5 Å². The van der Waals surface area contributed by atoms with Crippen LogP contribution in [-0.2, 0) is 6.42 Å². The van der Waals surface area contributed by atoms with Crippen molar-refractivity contribution in [2.75, 3.05) is 32.1 Å². The van der Waals surface area contributed by atoms with Crippen molar-refractivity contribution >= 4 is 17.3 Å². The molecule has 0 bridgehead atoms. The lowest BCUT2D eigenvalue weighted by atomic mass is 10.0. The summed E-state index contributed by atoms with van der Waals surface area (Å²) in [5.41, 5.74) is 13.0. The number of carbonyl (C=O) groups is 1. The minimum Gasteiger partial charge on any atom is -0.478 e. The van der Waals surface area contributed by atoms with Gasteiger partial charge in [0.05, 0.1) is 16.9 Å². The summed E-state index contributed by atoms with van der Waals surface area (Å²) in [7, 11) is 3.93. The van der Waals surface area contributed by atoms with Crippen LogP contribution in [0.3, 0.4) is 0 Å². The average molecular weight is 223 g/mol. The number of nitrogens with two attached hydrogens (primary N) is 2. The first-order chi connectivity index (χ1) is 7.43. The summed E-state index contributed by atoms with van der Waals surface area (Å²) in [5, 5.41) is 8.86. The highest BCUT2D eigenvalue weighted by molar-refractivity contribution is 5.97. The van der Waals surface area contributed by atoms with Crippen molar-refractivity contribution in [1.29, 1.82) is 0 Å². The monoisotopic (exact) mass is 223 g/mol. The Kier molecular flexibility index (Phi) is 3.73. The molecule has 0 amide bonds. The Hall–Kier alpha value is -1.75. The quantitative estimate of drug-likeness (QED) is 0.652. The van der Waals surface area contributed by atoms with Gasteiger partial charge in [-0.05, 0) is 32.1 Å². The number of anilines is 2. The summed E-state index contributed by atoms with van der Waals surface area (Å²) >= 11 is 0. The highest BCUT2D eigenvalue weighted by atomic mass is 16.4. The molecular weight excluding hydrogens is 206 g/mol. The smallest absolute Gasteiger partial charge is 0.337 e. The van der Waals surface area contributed by atoms with Crippen molar-refractivity contribution in [3.8, 4) is 0 Å². The van der Waals surface area contributed by atoms with Crippen LogP contribution in [0.5, 0.6) is 0 Å². The van der Waals surface area contributed by atoms with Crippen LogP contribution in [0.4, 0.5) is 11.4 Å². The Morgan fingerprint density at radius 1 is 1.31 bits per heavy atom. The van der Waals surface area contributed by atoms with E-state index < -0.39 is 5.97 Å². The van der Waals surface area contributed by atoms with Gasteiger partial charge in [-0.3, -0.25) is 0 Å². The molecule has 0 spiro atoms. The topological polar surface area (TPSA) is 92.6 Å². The fourth-order valence-corrected chi connectivity index (χ4v) is 1.43. The Morgan fingerprint density at radius 3 is 2.44 bits per heavy atom. The number of rotatable bonds is 4. The molecule has 0 aromatic heterocycles. The molecule has 0 aliphatic rings. The van der Waals surface area contributed by atoms with Crippen LogP contribution in [0, 0.1) is 0 Å². The third-order valence-corrected chi connectivity index (χ3v) is 2.44. The van der Waals surface area contributed by atoms with Crippen molar-refractivity contribution in [3.63, 3.8) is 0 Å². The SMILES string of the molecule is CN(C)CCc1ccc(C(=O)O)c(N)c1N. The predicted molar refractivity (Wildman–Crippen MR) is 64.5 cm³/mol. The normalized spacial score (nSPS) is 10.7. The van der Waals surface area contributed by atoms with Gasteiger partial charge in [0.1, 0.15) is 0 Å². The molecule has 5 heteroatoms. The zero-order valence-corrected chi connectivity index (χ0v) is 9.53. The van der Waals surface area contributed by atoms with E-state index >= 15 is 0 Å². The number of carboxylic acid groups (broad SMARTS) is 1. The van der Waals surface area contributed by atoms with E-state index in [9.17, 15) is 4.79 Å². The summed E-state index contributed by atoms with van der Waals surface area (Å²) in [6, 6.07) is 3.22. The summed E-state index contributed by atoms with van der Waals surface area (Å²) in [6.07, 6.45) is 0.753. The van der Waals surface area contributed by atoms with Gasteiger partial charge in [-0.15, -0.1) is 0 Å². The first kappa shape index (κ1) is 12.3. The molecule has 5 nitrogen and oxygen atoms in total. The highest BCUT2D eigenvalue weighted by Crippen LogP contribution is 2.24. The minimum absolute atomic E-state index is 0.0612. The Bertz CT molecular complexity index is 402. The fraction of sp³-hybridized carbons (Fsp3) is 0.364. The summed E-state index contributed by atoms with van der Waals surface area (Å²) in [4.78, 5) is 12.8. The molecule has 1 rings (SSSR count). The number of benzene rings is 1. The molecule has 0 saturated carbocycles. The van der Waals surface area contributed by atoms with Crippen molar-refractivity contribution < 1.29 is 9.90 Å². The lowest BCUT2D eigenvalue weighted by molar-refractivity contribution is 0.0698. The lowest BCUT2D eigenvalue weighted by Gasteiger charge is -2.13. The third-order valence-electron chi connectivity index (χ3n) is 2.44. The summed E-state index contributed by atoms with van der Waals surface area (Å²) in [6.45, 7) is 0.843. The fourth-order valence-electron chi connectivity index (χ4n) is 1.43. The van der Waals surface area contributed by atoms with E-state index in [0.717, 1.165) is 18.5 Å². The molecule has 0 unspecified atom stereocenters. The number of hydrogen-bond donors (Lipinski definition) is 3. The molecule has 0 heterocycles. The summed E-state index contributed by atoms with van der Waals surface area (Å²) in [5.74, 6) is -1.05. The zero-order valence-electron chi connectivity index (χ0n) is 9.53. The van der Waals surface area contributed by atoms with Crippen LogP contribution >= 0.6 is 0 Å². The molecule has 1 aromatic rings. The van der Waals surface area contributed by atoms with Gasteiger partial charge in [0, 0.05) is 6.54 Å². The molecule has 0 fully saturated rings. The van der Waals surface area contributed by atoms with Crippen LogP contribution in [0.25, 0.3) is 0 Å². The average Bonchev–Trinajstić information content (AvgIpc) is 2.19. The van der Waals surface area contributed by atoms with Crippen molar-refractivity contribution in [3.05, 3.63) is 23.3 Å². The molecule has 0 aliphatic carbocycles. The third kappa shape index (κ3) is 2.64. The first-order valence-corrected chi connectivity index (χ1v) is 4.98. The maximum absolute atomic E-state index is 10.8. The number of hydrogen-bond acceptors (Lipinski definition) is 4. The van der Waals surface area contributed by atoms with E-state index in [4.69, 9.17) is 16.6 Å². The van der Waals surface area contributed by atoms with Crippen LogP contribution < -0.4 is 11.5 Å². The van der Waals surface area contributed by atoms with Gasteiger partial charge in [0.2, 0.25) is 0 Å². The molecule has 0 saturated heterocycles. The molecule has 88 valence electrons. The van der Waals surface area contributed by atoms with Gasteiger partial charge >= 0.3 is 5.97 Å². The standard InChI is InChI=1S/C11H17N3O2/c1-14(2)6-5-7-3-4-8(11(15)16)10(13)9(7)12/h3-4H,5-6,12-13H2,1-2H3,(H,15,16). The van der Waals surface area contributed by atoms with Crippen LogP contribution in [-0.4, -0.2) is 36.6 Å².